The number of aromatic nitrogens is 2. The van der Waals surface area contributed by atoms with E-state index >= 15 is 0 Å². The Morgan fingerprint density at radius 2 is 2.00 bits per heavy atom. The zero-order valence-corrected chi connectivity index (χ0v) is 11.9. The van der Waals surface area contributed by atoms with Crippen molar-refractivity contribution in [3.63, 3.8) is 0 Å². The Morgan fingerprint density at radius 1 is 1.33 bits per heavy atom. The van der Waals surface area contributed by atoms with Crippen molar-refractivity contribution in [1.29, 1.82) is 0 Å². The van der Waals surface area contributed by atoms with Crippen LogP contribution in [0.2, 0.25) is 0 Å². The monoisotopic (exact) mass is 261 g/mol. The van der Waals surface area contributed by atoms with Crippen molar-refractivity contribution in [2.45, 2.75) is 39.2 Å². The fourth-order valence-corrected chi connectivity index (χ4v) is 2.19. The molecular weight excluding hydrogens is 242 g/mol. The smallest absolute Gasteiger partial charge is 0.115 e. The number of nitrogens with two attached hydrogens (primary N) is 1. The number of para-hydroxylation sites is 2. The van der Waals surface area contributed by atoms with Crippen molar-refractivity contribution in [1.82, 2.24) is 9.55 Å². The third-order valence-corrected chi connectivity index (χ3v) is 3.11. The first kappa shape index (κ1) is 13.0. The van der Waals surface area contributed by atoms with E-state index < -0.39 is 0 Å². The molecule has 1 aromatic heterocycles. The minimum atomic E-state index is 0.00916. The van der Waals surface area contributed by atoms with Gasteiger partial charge in [0.1, 0.15) is 5.82 Å². The second-order valence-electron chi connectivity index (χ2n) is 5.54. The van der Waals surface area contributed by atoms with Gasteiger partial charge in [-0.25, -0.2) is 4.98 Å². The summed E-state index contributed by atoms with van der Waals surface area (Å²) in [4.78, 5) is 5.29. The van der Waals surface area contributed by atoms with Crippen LogP contribution in [0.1, 0.15) is 33.0 Å². The van der Waals surface area contributed by atoms with Crippen LogP contribution in [0.5, 0.6) is 0 Å². The molecule has 0 amide bonds. The van der Waals surface area contributed by atoms with Gasteiger partial charge in [0.05, 0.1) is 16.0 Å². The van der Waals surface area contributed by atoms with Crippen LogP contribution in [0.25, 0.3) is 11.0 Å². The largest absolute Gasteiger partial charge is 0.393 e. The Balaban J connectivity index is 2.54. The van der Waals surface area contributed by atoms with Crippen LogP contribution in [0.4, 0.5) is 0 Å². The second kappa shape index (κ2) is 4.69. The average molecular weight is 261 g/mol. The minimum absolute atomic E-state index is 0.00916. The van der Waals surface area contributed by atoms with E-state index in [-0.39, 0.29) is 5.41 Å². The zero-order chi connectivity index (χ0) is 13.3. The van der Waals surface area contributed by atoms with Crippen molar-refractivity contribution < 1.29 is 0 Å². The molecule has 3 nitrogen and oxygen atoms in total. The molecular formula is C14H19N3S. The molecule has 4 heteroatoms. The maximum Gasteiger partial charge on any atom is 0.115 e. The summed E-state index contributed by atoms with van der Waals surface area (Å²) in [7, 11) is 0. The number of fused-ring (bicyclic) bond motifs is 1. The number of nitrogens with zero attached hydrogens (tertiary/aromatic N) is 2. The summed E-state index contributed by atoms with van der Waals surface area (Å²) in [6.45, 7) is 7.31. The molecule has 0 spiro atoms. The van der Waals surface area contributed by atoms with E-state index in [0.29, 0.717) is 11.4 Å². The van der Waals surface area contributed by atoms with Crippen molar-refractivity contribution in [2.75, 3.05) is 0 Å². The standard InChI is InChI=1S/C14H19N3S/c1-14(2,3)13-16-10-6-4-5-7-11(10)17(13)9-8-12(15)18/h4-7H,8-9H2,1-3H3,(H2,15,18). The molecule has 0 saturated heterocycles. The van der Waals surface area contributed by atoms with Gasteiger partial charge in [-0.2, -0.15) is 0 Å². The molecule has 0 saturated carbocycles. The molecule has 0 bridgehead atoms. The Labute approximate surface area is 113 Å². The summed E-state index contributed by atoms with van der Waals surface area (Å²) in [6.07, 6.45) is 0.707. The Kier molecular flexibility index (Phi) is 3.39. The number of imidazole rings is 1. The van der Waals surface area contributed by atoms with Crippen molar-refractivity contribution >= 4 is 28.2 Å². The second-order valence-corrected chi connectivity index (χ2v) is 6.07. The lowest BCUT2D eigenvalue weighted by molar-refractivity contribution is 0.507. The minimum Gasteiger partial charge on any atom is -0.393 e. The predicted octanol–water partition coefficient (Wildman–Crippen LogP) is 3.01. The number of hydrogen-bond acceptors (Lipinski definition) is 2. The Bertz CT molecular complexity index is 578. The van der Waals surface area contributed by atoms with Gasteiger partial charge in [0, 0.05) is 18.4 Å². The molecule has 1 heterocycles. The van der Waals surface area contributed by atoms with Gasteiger partial charge in [-0.3, -0.25) is 0 Å². The number of hydrogen-bond donors (Lipinski definition) is 1. The van der Waals surface area contributed by atoms with Crippen molar-refractivity contribution in [3.05, 3.63) is 30.1 Å². The quantitative estimate of drug-likeness (QED) is 0.864. The molecule has 0 fully saturated rings. The lowest BCUT2D eigenvalue weighted by atomic mass is 9.95. The number of benzene rings is 1. The molecule has 18 heavy (non-hydrogen) atoms. The topological polar surface area (TPSA) is 43.8 Å². The van der Waals surface area contributed by atoms with Crippen LogP contribution in [0.15, 0.2) is 24.3 Å². The van der Waals surface area contributed by atoms with Gasteiger partial charge in [-0.15, -0.1) is 0 Å². The van der Waals surface area contributed by atoms with Gasteiger partial charge in [0.2, 0.25) is 0 Å². The third-order valence-electron chi connectivity index (χ3n) is 2.91. The predicted molar refractivity (Wildman–Crippen MR) is 79.8 cm³/mol. The van der Waals surface area contributed by atoms with Gasteiger partial charge < -0.3 is 10.3 Å². The van der Waals surface area contributed by atoms with Crippen LogP contribution in [-0.2, 0) is 12.0 Å². The molecule has 2 N–H and O–H groups in total. The summed E-state index contributed by atoms with van der Waals surface area (Å²) >= 11 is 4.97. The molecule has 2 rings (SSSR count). The highest BCUT2D eigenvalue weighted by Gasteiger charge is 2.22. The van der Waals surface area contributed by atoms with Gasteiger partial charge in [0.25, 0.3) is 0 Å². The first-order valence-corrected chi connectivity index (χ1v) is 6.54. The highest BCUT2D eigenvalue weighted by atomic mass is 32.1. The fourth-order valence-electron chi connectivity index (χ4n) is 2.10. The van der Waals surface area contributed by atoms with E-state index in [9.17, 15) is 0 Å². The number of rotatable bonds is 3. The van der Waals surface area contributed by atoms with Crippen molar-refractivity contribution in [3.8, 4) is 0 Å². The molecule has 0 aliphatic carbocycles. The van der Waals surface area contributed by atoms with E-state index in [4.69, 9.17) is 22.9 Å². The van der Waals surface area contributed by atoms with Gasteiger partial charge in [-0.05, 0) is 12.1 Å². The van der Waals surface area contributed by atoms with Gasteiger partial charge >= 0.3 is 0 Å². The summed E-state index contributed by atoms with van der Waals surface area (Å²) in [6, 6.07) is 8.19. The molecule has 2 aromatic rings. The molecule has 0 radical (unpaired) electrons. The SMILES string of the molecule is CC(C)(C)c1nc2ccccc2n1CCC(N)=S. The normalized spacial score (nSPS) is 11.9. The maximum atomic E-state index is 5.61. The number of thiocarbonyl (C=S) groups is 1. The first-order valence-electron chi connectivity index (χ1n) is 6.13. The van der Waals surface area contributed by atoms with Crippen LogP contribution >= 0.6 is 12.2 Å². The average Bonchev–Trinajstić information content (AvgIpc) is 2.64. The molecule has 0 atom stereocenters. The molecule has 0 aliphatic rings. The van der Waals surface area contributed by atoms with Crippen LogP contribution < -0.4 is 5.73 Å². The number of aryl methyl sites for hydroxylation is 1. The maximum absolute atomic E-state index is 5.61. The highest BCUT2D eigenvalue weighted by molar-refractivity contribution is 7.80. The molecule has 1 aromatic carbocycles. The lowest BCUT2D eigenvalue weighted by Gasteiger charge is -2.20. The Morgan fingerprint density at radius 3 is 2.61 bits per heavy atom. The van der Waals surface area contributed by atoms with Crippen LogP contribution in [0.3, 0.4) is 0 Å². The van der Waals surface area contributed by atoms with Gasteiger partial charge in [0.15, 0.2) is 0 Å². The van der Waals surface area contributed by atoms with E-state index in [0.717, 1.165) is 23.4 Å². The Hall–Kier alpha value is -1.42. The van der Waals surface area contributed by atoms with Crippen LogP contribution in [-0.4, -0.2) is 14.5 Å². The molecule has 0 unspecified atom stereocenters. The van der Waals surface area contributed by atoms with Crippen molar-refractivity contribution in [2.24, 2.45) is 5.73 Å². The van der Waals surface area contributed by atoms with E-state index in [1.165, 1.54) is 0 Å². The third kappa shape index (κ3) is 2.53. The summed E-state index contributed by atoms with van der Waals surface area (Å²) < 4.78 is 2.23. The van der Waals surface area contributed by atoms with E-state index in [2.05, 4.69) is 31.4 Å². The fraction of sp³-hybridized carbons (Fsp3) is 0.429. The zero-order valence-electron chi connectivity index (χ0n) is 11.1. The first-order chi connectivity index (χ1) is 8.39. The van der Waals surface area contributed by atoms with Gasteiger partial charge in [-0.1, -0.05) is 45.1 Å². The summed E-state index contributed by atoms with van der Waals surface area (Å²) in [5.74, 6) is 1.08. The molecule has 0 aliphatic heterocycles. The molecule has 96 valence electrons. The van der Waals surface area contributed by atoms with E-state index in [1.807, 2.05) is 18.2 Å². The highest BCUT2D eigenvalue weighted by Crippen LogP contribution is 2.26. The van der Waals surface area contributed by atoms with Crippen LogP contribution in [0, 0.1) is 0 Å². The summed E-state index contributed by atoms with van der Waals surface area (Å²) in [5.41, 5.74) is 7.80. The van der Waals surface area contributed by atoms with E-state index in [1.54, 1.807) is 0 Å². The lowest BCUT2D eigenvalue weighted by Crippen LogP contribution is -2.21. The summed E-state index contributed by atoms with van der Waals surface area (Å²) in [5, 5.41) is 0.